The summed E-state index contributed by atoms with van der Waals surface area (Å²) in [4.78, 5) is 8.40. The summed E-state index contributed by atoms with van der Waals surface area (Å²) < 4.78 is 6.08. The number of hydrogen-bond acceptors (Lipinski definition) is 4. The molecule has 5 nitrogen and oxygen atoms in total. The molecule has 1 aromatic heterocycles. The maximum Gasteiger partial charge on any atom is 0.128 e. The first kappa shape index (κ1) is 22.2. The lowest BCUT2D eigenvalue weighted by Crippen LogP contribution is -2.60. The van der Waals surface area contributed by atoms with Gasteiger partial charge >= 0.3 is 0 Å². The Bertz CT molecular complexity index is 1360. The molecule has 0 aliphatic carbocycles. The fraction of sp³-hybridized carbons (Fsp3) is 0.333. The number of anilines is 1. The summed E-state index contributed by atoms with van der Waals surface area (Å²) in [7, 11) is 0. The second-order valence-corrected chi connectivity index (χ2v) is 10.0. The van der Waals surface area contributed by atoms with Gasteiger partial charge in [-0.3, -0.25) is 4.90 Å². The van der Waals surface area contributed by atoms with E-state index in [0.29, 0.717) is 25.2 Å². The van der Waals surface area contributed by atoms with Crippen LogP contribution in [0.3, 0.4) is 0 Å². The van der Waals surface area contributed by atoms with Crippen molar-refractivity contribution in [1.82, 2.24) is 9.88 Å². The number of rotatable bonds is 6. The SMILES string of the molecule is Cc1cc2c(OCC(O)CN3CC4C/C=C\CC3CN4c3ccc4ccccc4c3)cccc2[nH]1. The molecular weight excluding hydrogens is 434 g/mol. The number of aromatic nitrogens is 1. The average molecular weight is 468 g/mol. The van der Waals surface area contributed by atoms with Crippen LogP contribution in [0.2, 0.25) is 0 Å². The summed E-state index contributed by atoms with van der Waals surface area (Å²) in [5, 5.41) is 14.6. The number of H-pyrrole nitrogens is 1. The highest BCUT2D eigenvalue weighted by Crippen LogP contribution is 2.31. The van der Waals surface area contributed by atoms with E-state index in [2.05, 4.69) is 81.5 Å². The van der Waals surface area contributed by atoms with Crippen LogP contribution in [0.5, 0.6) is 5.75 Å². The van der Waals surface area contributed by atoms with Crippen molar-refractivity contribution in [2.24, 2.45) is 0 Å². The monoisotopic (exact) mass is 467 g/mol. The molecule has 4 aromatic rings. The Morgan fingerprint density at radius 3 is 2.66 bits per heavy atom. The number of benzene rings is 3. The van der Waals surface area contributed by atoms with E-state index >= 15 is 0 Å². The first-order valence-electron chi connectivity index (χ1n) is 12.7. The summed E-state index contributed by atoms with van der Waals surface area (Å²) >= 11 is 0. The number of aliphatic hydroxyl groups is 1. The van der Waals surface area contributed by atoms with Gasteiger partial charge in [0.15, 0.2) is 0 Å². The van der Waals surface area contributed by atoms with Gasteiger partial charge in [0.25, 0.3) is 0 Å². The van der Waals surface area contributed by atoms with Gasteiger partial charge in [-0.2, -0.15) is 0 Å². The predicted octanol–water partition coefficient (Wildman–Crippen LogP) is 5.28. The van der Waals surface area contributed by atoms with Gasteiger partial charge in [-0.15, -0.1) is 0 Å². The van der Waals surface area contributed by atoms with Gasteiger partial charge in [0, 0.05) is 54.0 Å². The van der Waals surface area contributed by atoms with Gasteiger partial charge in [-0.05, 0) is 60.9 Å². The third-order valence-electron chi connectivity index (χ3n) is 7.49. The second-order valence-electron chi connectivity index (χ2n) is 10.0. The zero-order valence-corrected chi connectivity index (χ0v) is 20.2. The first-order valence-corrected chi connectivity index (χ1v) is 12.7. The lowest BCUT2D eigenvalue weighted by molar-refractivity contribution is 0.0409. The van der Waals surface area contributed by atoms with Crippen molar-refractivity contribution in [3.63, 3.8) is 0 Å². The fourth-order valence-corrected chi connectivity index (χ4v) is 5.74. The minimum Gasteiger partial charge on any atom is -0.490 e. The topological polar surface area (TPSA) is 51.7 Å². The zero-order chi connectivity index (χ0) is 23.8. The third kappa shape index (κ3) is 4.54. The number of aromatic amines is 1. The van der Waals surface area contributed by atoms with Crippen molar-refractivity contribution in [1.29, 1.82) is 0 Å². The van der Waals surface area contributed by atoms with Crippen LogP contribution < -0.4 is 9.64 Å². The molecule has 3 aromatic carbocycles. The lowest BCUT2D eigenvalue weighted by Gasteiger charge is -2.48. The normalized spacial score (nSPS) is 22.3. The van der Waals surface area contributed by atoms with Crippen molar-refractivity contribution >= 4 is 27.4 Å². The van der Waals surface area contributed by atoms with E-state index in [1.54, 1.807) is 0 Å². The summed E-state index contributed by atoms with van der Waals surface area (Å²) in [6.07, 6.45) is 6.15. The molecule has 0 saturated carbocycles. The predicted molar refractivity (Wildman–Crippen MR) is 143 cm³/mol. The Labute approximate surface area is 206 Å². The average Bonchev–Trinajstić information content (AvgIpc) is 3.24. The van der Waals surface area contributed by atoms with Crippen LogP contribution in [0.25, 0.3) is 21.7 Å². The van der Waals surface area contributed by atoms with Gasteiger partial charge in [-0.1, -0.05) is 48.6 Å². The van der Waals surface area contributed by atoms with Crippen LogP contribution in [-0.2, 0) is 0 Å². The van der Waals surface area contributed by atoms with Crippen LogP contribution in [0.15, 0.2) is 78.9 Å². The van der Waals surface area contributed by atoms with Gasteiger partial charge in [0.2, 0.25) is 0 Å². The van der Waals surface area contributed by atoms with Gasteiger partial charge < -0.3 is 19.7 Å². The number of fused-ring (bicyclic) bond motifs is 6. The van der Waals surface area contributed by atoms with Crippen LogP contribution in [-0.4, -0.2) is 59.4 Å². The Hall–Kier alpha value is -3.28. The third-order valence-corrected chi connectivity index (χ3v) is 7.49. The van der Waals surface area contributed by atoms with Crippen LogP contribution >= 0.6 is 0 Å². The molecule has 0 amide bonds. The quantitative estimate of drug-likeness (QED) is 0.379. The Morgan fingerprint density at radius 1 is 0.943 bits per heavy atom. The Morgan fingerprint density at radius 2 is 1.77 bits per heavy atom. The molecule has 0 radical (unpaired) electrons. The highest BCUT2D eigenvalue weighted by Gasteiger charge is 2.35. The van der Waals surface area contributed by atoms with E-state index in [9.17, 15) is 5.11 Å². The molecule has 3 aliphatic heterocycles. The molecule has 3 atom stereocenters. The number of nitrogens with one attached hydrogen (secondary N) is 1. The molecule has 2 N–H and O–H groups in total. The zero-order valence-electron chi connectivity index (χ0n) is 20.2. The molecule has 5 heteroatoms. The molecule has 1 saturated heterocycles. The Kier molecular flexibility index (Phi) is 5.96. The van der Waals surface area contributed by atoms with Crippen molar-refractivity contribution in [3.8, 4) is 5.75 Å². The Balaban J connectivity index is 1.14. The molecule has 3 aliphatic rings. The van der Waals surface area contributed by atoms with Crippen molar-refractivity contribution in [2.75, 3.05) is 31.1 Å². The van der Waals surface area contributed by atoms with Crippen molar-refractivity contribution < 1.29 is 9.84 Å². The van der Waals surface area contributed by atoms with Crippen molar-refractivity contribution in [2.45, 2.75) is 38.0 Å². The standard InChI is InChI=1S/C30H33N3O2/c1-21-15-28-29(31-21)11-6-12-30(28)35-20-27(34)19-32-17-26-10-5-4-9-25(32)18-33(26)24-14-13-22-7-2-3-8-23(22)16-24/h2-8,11-16,25-27,31,34H,9-10,17-20H2,1H3/b5-4-. The molecule has 2 bridgehead atoms. The number of ether oxygens (including phenoxy) is 1. The lowest BCUT2D eigenvalue weighted by atomic mass is 9.96. The number of aryl methyl sites for hydroxylation is 1. The highest BCUT2D eigenvalue weighted by molar-refractivity contribution is 5.87. The van der Waals surface area contributed by atoms with Crippen LogP contribution in [0.1, 0.15) is 18.5 Å². The molecule has 35 heavy (non-hydrogen) atoms. The van der Waals surface area contributed by atoms with Crippen molar-refractivity contribution in [3.05, 3.63) is 84.6 Å². The number of hydrogen-bond donors (Lipinski definition) is 2. The molecular formula is C30H33N3O2. The number of piperazine rings is 1. The smallest absolute Gasteiger partial charge is 0.128 e. The van der Waals surface area contributed by atoms with Gasteiger partial charge in [0.1, 0.15) is 18.5 Å². The van der Waals surface area contributed by atoms with Gasteiger partial charge in [-0.25, -0.2) is 0 Å². The second kappa shape index (κ2) is 9.40. The minimum absolute atomic E-state index is 0.293. The molecule has 180 valence electrons. The van der Waals surface area contributed by atoms with E-state index in [1.807, 2.05) is 19.1 Å². The highest BCUT2D eigenvalue weighted by atomic mass is 16.5. The maximum absolute atomic E-state index is 10.9. The first-order chi connectivity index (χ1) is 17.1. The molecule has 7 rings (SSSR count). The summed E-state index contributed by atoms with van der Waals surface area (Å²) in [6, 6.07) is 24.3. The van der Waals surface area contributed by atoms with E-state index in [-0.39, 0.29) is 0 Å². The van der Waals surface area contributed by atoms with Crippen LogP contribution in [0.4, 0.5) is 5.69 Å². The molecule has 0 spiro atoms. The minimum atomic E-state index is -0.538. The molecule has 1 fully saturated rings. The maximum atomic E-state index is 10.9. The fourth-order valence-electron chi connectivity index (χ4n) is 5.74. The van der Waals surface area contributed by atoms with E-state index in [1.165, 1.54) is 16.5 Å². The molecule has 3 unspecified atom stereocenters. The summed E-state index contributed by atoms with van der Waals surface area (Å²) in [5.41, 5.74) is 3.47. The largest absolute Gasteiger partial charge is 0.490 e. The molecule has 4 heterocycles. The van der Waals surface area contributed by atoms with E-state index in [0.717, 1.165) is 48.3 Å². The van der Waals surface area contributed by atoms with Crippen LogP contribution in [0, 0.1) is 6.92 Å². The number of nitrogens with zero attached hydrogens (tertiary/aromatic N) is 2. The van der Waals surface area contributed by atoms with E-state index in [4.69, 9.17) is 4.74 Å². The van der Waals surface area contributed by atoms with E-state index < -0.39 is 6.10 Å². The number of aliphatic hydroxyl groups excluding tert-OH is 1. The summed E-state index contributed by atoms with van der Waals surface area (Å²) in [6.45, 7) is 4.89. The van der Waals surface area contributed by atoms with Gasteiger partial charge in [0.05, 0.1) is 0 Å². The summed E-state index contributed by atoms with van der Waals surface area (Å²) in [5.74, 6) is 0.825.